The first-order valence-electron chi connectivity index (χ1n) is 9.12. The number of para-hydroxylation sites is 1. The van der Waals surface area contributed by atoms with Gasteiger partial charge in [0.2, 0.25) is 5.36 Å². The summed E-state index contributed by atoms with van der Waals surface area (Å²) < 4.78 is 55.6. The number of halogens is 4. The predicted octanol–water partition coefficient (Wildman–Crippen LogP) is 2.40. The van der Waals surface area contributed by atoms with Crippen molar-refractivity contribution in [2.75, 3.05) is 33.5 Å². The van der Waals surface area contributed by atoms with Crippen LogP contribution in [0.2, 0.25) is 0 Å². The number of fused-ring (bicyclic) bond motifs is 1. The number of aliphatic hydroxyl groups excluding tert-OH is 1. The van der Waals surface area contributed by atoms with E-state index in [-0.39, 0.29) is 6.61 Å². The highest BCUT2D eigenvalue weighted by Gasteiger charge is 2.20. The van der Waals surface area contributed by atoms with Crippen LogP contribution in [-0.2, 0) is 4.74 Å². The molecular formula is C20H22BF4NO4. The average molecular weight is 427 g/mol. The zero-order valence-corrected chi connectivity index (χ0v) is 16.3. The first-order valence-corrected chi connectivity index (χ1v) is 9.12. The first kappa shape index (κ1) is 23.4. The maximum absolute atomic E-state index is 9.75. The minimum absolute atomic E-state index is 0.0365. The molecule has 0 aliphatic rings. The molecular weight excluding hydrogens is 405 g/mol. The molecule has 0 spiro atoms. The third-order valence-corrected chi connectivity index (χ3v) is 3.84. The summed E-state index contributed by atoms with van der Waals surface area (Å²) in [7, 11) is -4.35. The Morgan fingerprint density at radius 1 is 1.00 bits per heavy atom. The molecule has 1 heterocycles. The highest BCUT2D eigenvalue weighted by Crippen LogP contribution is 2.23. The van der Waals surface area contributed by atoms with Gasteiger partial charge in [0, 0.05) is 5.56 Å². The van der Waals surface area contributed by atoms with Crippen molar-refractivity contribution in [2.24, 2.45) is 0 Å². The third-order valence-electron chi connectivity index (χ3n) is 3.84. The summed E-state index contributed by atoms with van der Waals surface area (Å²) in [5.41, 5.74) is 1.79. The molecule has 0 bridgehead atoms. The van der Waals surface area contributed by atoms with E-state index in [9.17, 15) is 17.3 Å². The first-order chi connectivity index (χ1) is 14.3. The van der Waals surface area contributed by atoms with E-state index in [1.807, 2.05) is 54.6 Å². The van der Waals surface area contributed by atoms with Gasteiger partial charge < -0.3 is 36.3 Å². The average Bonchev–Trinajstić information content (AvgIpc) is 2.72. The van der Waals surface area contributed by atoms with Crippen LogP contribution in [0.5, 0.6) is 5.75 Å². The summed E-state index contributed by atoms with van der Waals surface area (Å²) in [6.07, 6.45) is 0. The Morgan fingerprint density at radius 3 is 2.30 bits per heavy atom. The summed E-state index contributed by atoms with van der Waals surface area (Å²) in [6, 6.07) is 17.7. The summed E-state index contributed by atoms with van der Waals surface area (Å²) in [4.78, 5) is 3.39. The molecule has 0 fully saturated rings. The third kappa shape index (κ3) is 7.88. The Labute approximate surface area is 170 Å². The molecule has 1 aromatic heterocycles. The molecule has 0 aliphatic heterocycles. The fourth-order valence-corrected chi connectivity index (χ4v) is 2.60. The zero-order chi connectivity index (χ0) is 22.0. The minimum atomic E-state index is -6.00. The van der Waals surface area contributed by atoms with Crippen LogP contribution in [-0.4, -0.2) is 45.8 Å². The topological polar surface area (TPSA) is 65.8 Å². The van der Waals surface area contributed by atoms with Crippen LogP contribution >= 0.6 is 0 Å². The van der Waals surface area contributed by atoms with E-state index < -0.39 is 7.25 Å². The highest BCUT2D eigenvalue weighted by molar-refractivity contribution is 6.50. The van der Waals surface area contributed by atoms with Crippen molar-refractivity contribution in [3.63, 3.8) is 0 Å². The Bertz CT molecular complexity index is 985. The fraction of sp³-hybridized carbons (Fsp3) is 0.250. The lowest BCUT2D eigenvalue weighted by atomic mass is 10.1. The molecule has 0 atom stereocenters. The van der Waals surface area contributed by atoms with Crippen LogP contribution in [0.25, 0.3) is 22.3 Å². The van der Waals surface area contributed by atoms with Gasteiger partial charge in [-0.3, -0.25) is 0 Å². The van der Waals surface area contributed by atoms with Crippen LogP contribution in [0.1, 0.15) is 0 Å². The van der Waals surface area contributed by atoms with Crippen LogP contribution < -0.4 is 15.1 Å². The quantitative estimate of drug-likeness (QED) is 0.346. The summed E-state index contributed by atoms with van der Waals surface area (Å²) in [6.45, 7) is 1.56. The van der Waals surface area contributed by atoms with Crippen molar-refractivity contribution in [3.8, 4) is 17.1 Å². The van der Waals surface area contributed by atoms with Crippen LogP contribution in [0.15, 0.2) is 59.0 Å². The molecule has 0 saturated carbocycles. The second kappa shape index (κ2) is 11.4. The second-order valence-corrected chi connectivity index (χ2v) is 6.01. The Balaban J connectivity index is 0.000000575. The standard InChI is InChI=1S/C20H21NO4.BF4/c1-23-16-8-6-15(7-9-16)20-14-18(21-10-12-24-13-11-22)17-4-2-3-5-19(17)25-20;2-1(3,4)5/h2-9,14,22H,10-13H2,1H3;/q;-1/p+1. The second-order valence-electron chi connectivity index (χ2n) is 6.01. The van der Waals surface area contributed by atoms with Crippen molar-refractivity contribution in [3.05, 3.63) is 60.0 Å². The van der Waals surface area contributed by atoms with Gasteiger partial charge in [-0.2, -0.15) is 0 Å². The summed E-state index contributed by atoms with van der Waals surface area (Å²) in [5.74, 6) is 1.59. The van der Waals surface area contributed by atoms with E-state index in [1.54, 1.807) is 7.11 Å². The molecule has 0 radical (unpaired) electrons. The number of hydrogen-bond donors (Lipinski definition) is 2. The lowest BCUT2D eigenvalue weighted by Gasteiger charge is -2.04. The Morgan fingerprint density at radius 2 is 1.67 bits per heavy atom. The maximum atomic E-state index is 9.75. The molecule has 5 nitrogen and oxygen atoms in total. The monoisotopic (exact) mass is 427 g/mol. The van der Waals surface area contributed by atoms with Crippen LogP contribution in [0.4, 0.5) is 17.3 Å². The number of methoxy groups -OCH3 is 1. The van der Waals surface area contributed by atoms with Gasteiger partial charge in [0.25, 0.3) is 0 Å². The van der Waals surface area contributed by atoms with Gasteiger partial charge in [-0.25, -0.2) is 4.99 Å². The van der Waals surface area contributed by atoms with Gasteiger partial charge in [-0.05, 0) is 36.4 Å². The molecule has 3 rings (SSSR count). The van der Waals surface area contributed by atoms with Crippen molar-refractivity contribution in [1.29, 1.82) is 0 Å². The van der Waals surface area contributed by atoms with E-state index in [2.05, 4.69) is 4.99 Å². The van der Waals surface area contributed by atoms with Crippen LogP contribution in [0.3, 0.4) is 0 Å². The molecule has 2 N–H and O–H groups in total. The van der Waals surface area contributed by atoms with E-state index >= 15 is 0 Å². The van der Waals surface area contributed by atoms with Gasteiger partial charge in [0.1, 0.15) is 23.7 Å². The molecule has 0 aliphatic carbocycles. The minimum Gasteiger partial charge on any atom is -0.497 e. The molecule has 0 saturated heterocycles. The zero-order valence-electron chi connectivity index (χ0n) is 16.3. The van der Waals surface area contributed by atoms with Crippen molar-refractivity contribution < 1.29 is 41.3 Å². The van der Waals surface area contributed by atoms with Crippen LogP contribution in [0, 0.1) is 0 Å². The normalized spacial score (nSPS) is 11.9. The van der Waals surface area contributed by atoms with Gasteiger partial charge >= 0.3 is 7.25 Å². The van der Waals surface area contributed by atoms with Gasteiger partial charge in [0.05, 0.1) is 31.8 Å². The van der Waals surface area contributed by atoms with Crippen molar-refractivity contribution in [1.82, 2.24) is 0 Å². The SMILES string of the molecule is COc1ccc(-c2cc(=[NH+]CCOCCO)c3ccccc3o2)cc1.F[B-](F)(F)F. The van der Waals surface area contributed by atoms with E-state index in [0.29, 0.717) is 19.8 Å². The number of ether oxygens (including phenoxy) is 2. The maximum Gasteiger partial charge on any atom is 0.673 e. The van der Waals surface area contributed by atoms with Crippen molar-refractivity contribution in [2.45, 2.75) is 0 Å². The fourth-order valence-electron chi connectivity index (χ4n) is 2.60. The lowest BCUT2D eigenvalue weighted by molar-refractivity contribution is -0.502. The number of hydrogen-bond acceptors (Lipinski definition) is 4. The Kier molecular flexibility index (Phi) is 8.88. The summed E-state index contributed by atoms with van der Waals surface area (Å²) in [5, 5.41) is 10.8. The van der Waals surface area contributed by atoms with E-state index in [1.165, 1.54) is 0 Å². The smallest absolute Gasteiger partial charge is 0.497 e. The molecule has 0 amide bonds. The molecule has 3 aromatic rings. The molecule has 10 heteroatoms. The highest BCUT2D eigenvalue weighted by atomic mass is 19.5. The largest absolute Gasteiger partial charge is 0.673 e. The number of aliphatic hydroxyl groups is 1. The number of rotatable bonds is 7. The summed E-state index contributed by atoms with van der Waals surface area (Å²) >= 11 is 0. The van der Waals surface area contributed by atoms with E-state index in [4.69, 9.17) is 19.0 Å². The predicted molar refractivity (Wildman–Crippen MR) is 105 cm³/mol. The molecule has 30 heavy (non-hydrogen) atoms. The van der Waals surface area contributed by atoms with Gasteiger partial charge in [-0.15, -0.1) is 0 Å². The lowest BCUT2D eigenvalue weighted by Crippen LogP contribution is -2.77. The van der Waals surface area contributed by atoms with Gasteiger partial charge in [-0.1, -0.05) is 12.1 Å². The molecule has 2 aromatic carbocycles. The Hall–Kier alpha value is -2.85. The van der Waals surface area contributed by atoms with Crippen molar-refractivity contribution >= 4 is 18.2 Å². The van der Waals surface area contributed by atoms with Gasteiger partial charge in [0.15, 0.2) is 6.54 Å². The molecule has 162 valence electrons. The number of nitrogens with one attached hydrogen (secondary N) is 1. The molecule has 0 unspecified atom stereocenters. The van der Waals surface area contributed by atoms with E-state index in [0.717, 1.165) is 33.4 Å². The number of benzene rings is 2.